The van der Waals surface area contributed by atoms with Crippen LogP contribution in [-0.4, -0.2) is 95.7 Å². The van der Waals surface area contributed by atoms with Crippen molar-refractivity contribution in [1.29, 1.82) is 0 Å². The Morgan fingerprint density at radius 1 is 0.340 bits per heavy atom. The minimum Gasteiger partial charge on any atom is -1.00 e. The van der Waals surface area contributed by atoms with Crippen molar-refractivity contribution in [2.75, 3.05) is 31.9 Å². The van der Waals surface area contributed by atoms with Gasteiger partial charge in [-0.3, -0.25) is 36.9 Å². The predicted octanol–water partition coefficient (Wildman–Crippen LogP) is -7.60. The first-order valence-electron chi connectivity index (χ1n) is 25.2. The van der Waals surface area contributed by atoms with Gasteiger partial charge in [0.15, 0.2) is 0 Å². The maximum Gasteiger partial charge on any atom is 1.00 e. The third kappa shape index (κ3) is 21.3. The largest absolute Gasteiger partial charge is 1.00 e. The summed E-state index contributed by atoms with van der Waals surface area (Å²) in [6.07, 6.45) is 0. The van der Waals surface area contributed by atoms with Crippen LogP contribution >= 0.6 is 0 Å². The quantitative estimate of drug-likeness (QED) is 0.0316. The van der Waals surface area contributed by atoms with Crippen molar-refractivity contribution in [3.8, 4) is 0 Å². The molecule has 0 heterocycles. The second kappa shape index (κ2) is 32.9. The number of nitrogens with one attached hydrogen (secondary N) is 6. The van der Waals surface area contributed by atoms with Crippen LogP contribution in [0.3, 0.4) is 0 Å². The van der Waals surface area contributed by atoms with E-state index in [1.54, 1.807) is 53.7 Å². The zero-order valence-corrected chi connectivity index (χ0v) is 69.4. The van der Waals surface area contributed by atoms with Gasteiger partial charge >= 0.3 is 183 Å². The van der Waals surface area contributed by atoms with Gasteiger partial charge in [-0.15, -0.1) is 0 Å². The zero-order valence-electron chi connectivity index (χ0n) is 58.5. The van der Waals surface area contributed by atoms with Gasteiger partial charge in [0.2, 0.25) is 0 Å². The van der Waals surface area contributed by atoms with E-state index in [-0.39, 0.29) is 243 Å². The van der Waals surface area contributed by atoms with Crippen LogP contribution in [0.25, 0.3) is 21.5 Å². The average Bonchev–Trinajstić information content (AvgIpc) is 0.748. The van der Waals surface area contributed by atoms with Crippen molar-refractivity contribution in [3.05, 3.63) is 156 Å². The fourth-order valence-electron chi connectivity index (χ4n) is 9.32. The van der Waals surface area contributed by atoms with Crippen LogP contribution in [0.4, 0.5) is 50.3 Å². The Balaban J connectivity index is -0.00000251. The number of amides is 4. The Labute approximate surface area is 683 Å². The summed E-state index contributed by atoms with van der Waals surface area (Å²) in [6, 6.07) is 25.7. The van der Waals surface area contributed by atoms with Crippen LogP contribution in [0.15, 0.2) is 163 Å². The summed E-state index contributed by atoms with van der Waals surface area (Å²) in [7, 11) is -31.4. The molecule has 476 valence electrons. The number of benzene rings is 8. The van der Waals surface area contributed by atoms with Crippen LogP contribution in [0, 0.1) is 0 Å². The fourth-order valence-corrected chi connectivity index (χ4v) is 13.4. The monoisotopic (exact) mass is 1470 g/mol. The van der Waals surface area contributed by atoms with Crippen molar-refractivity contribution >= 4 is 146 Å². The van der Waals surface area contributed by atoms with Gasteiger partial charge in [-0.1, -0.05) is 53.7 Å². The molecule has 94 heavy (non-hydrogen) atoms. The van der Waals surface area contributed by atoms with E-state index >= 15 is 0 Å². The number of hydrogen-bond acceptors (Lipinski definition) is 17. The molecule has 0 aliphatic carbocycles. The van der Waals surface area contributed by atoms with Gasteiger partial charge in [-0.25, -0.2) is 4.79 Å². The molecule has 0 saturated heterocycles. The van der Waals surface area contributed by atoms with Gasteiger partial charge in [0.05, 0.1) is 9.79 Å². The predicted molar refractivity (Wildman–Crippen MR) is 332 cm³/mol. The summed E-state index contributed by atoms with van der Waals surface area (Å²) in [4.78, 5) is 34.8. The minimum atomic E-state index is -5.35. The van der Waals surface area contributed by atoms with Crippen LogP contribution in [0.2, 0.25) is 0 Å². The molecule has 0 bridgehead atoms. The van der Waals surface area contributed by atoms with Crippen molar-refractivity contribution in [2.24, 2.45) is 0 Å². The van der Waals surface area contributed by atoms with E-state index in [4.69, 9.17) is 0 Å². The molecular formula is C55H58N6Na6O21S6. The van der Waals surface area contributed by atoms with E-state index in [2.05, 4.69) is 31.9 Å². The molecule has 0 radical (unpaired) electrons. The van der Waals surface area contributed by atoms with Crippen molar-refractivity contribution < 1.29 is 278 Å². The summed E-state index contributed by atoms with van der Waals surface area (Å²) in [5.41, 5.74) is 0.592. The second-order valence-electron chi connectivity index (χ2n) is 21.7. The number of anilines is 8. The molecule has 12 N–H and O–H groups in total. The van der Waals surface area contributed by atoms with Crippen molar-refractivity contribution in [3.63, 3.8) is 0 Å². The van der Waals surface area contributed by atoms with E-state index in [1.807, 2.05) is 0 Å². The van der Waals surface area contributed by atoms with Gasteiger partial charge in [0, 0.05) is 78.2 Å². The Bertz CT molecular complexity index is 4760. The summed E-state index contributed by atoms with van der Waals surface area (Å²) in [6.45, 7) is 10.8. The number of carbonyl (C=O) groups is 3. The van der Waals surface area contributed by atoms with Gasteiger partial charge < -0.3 is 40.5 Å². The first-order valence-corrected chi connectivity index (χ1v) is 33.8. The van der Waals surface area contributed by atoms with Crippen LogP contribution < -0.4 is 209 Å². The van der Waals surface area contributed by atoms with E-state index < -0.39 is 140 Å². The molecule has 0 fully saturated rings. The summed E-state index contributed by atoms with van der Waals surface area (Å²) >= 11 is 0. The molecule has 0 atom stereocenters. The molecule has 8 aromatic carbocycles. The third-order valence-electron chi connectivity index (χ3n) is 13.2. The molecule has 0 aliphatic heterocycles. The maximum atomic E-state index is 13.9. The molecule has 0 spiro atoms. The molecule has 0 unspecified atom stereocenters. The van der Waals surface area contributed by atoms with Gasteiger partial charge in [0.25, 0.3) is 72.5 Å². The van der Waals surface area contributed by atoms with Crippen LogP contribution in [0.5, 0.6) is 0 Å². The Kier molecular flexibility index (Phi) is 30.7. The van der Waals surface area contributed by atoms with Gasteiger partial charge in [-0.2, -0.15) is 50.5 Å². The molecule has 0 saturated carbocycles. The topological polar surface area (TPSA) is 450 Å². The molecular weight excluding hydrogens is 1410 g/mol. The van der Waals surface area contributed by atoms with Gasteiger partial charge in [-0.05, 0) is 143 Å². The SMILES string of the molecule is CC(C)(C)c1cc(Nc2ccc(S(=O)(=O)O)c3cc(S(=O)(=O)O)cc(S(=O)(=O)O)c23)ccc1NC(=O)c1cccc(NC(=O)Nc2cccc(C(=O)Nc3ccc(Nc4ccc(S(=O)(=O)O)c5cc(S(=O)(=O)O)cc(S(=O)(=O)O)c45)cc3C(C)(C)C)c2)c1.[H-].[H-].[H-].[H-].[H-].[H-].[Na+].[Na+].[Na+].[Na+].[Na+].[Na+]. The summed E-state index contributed by atoms with van der Waals surface area (Å²) in [5.74, 6) is -1.27. The molecule has 39 heteroatoms. The fraction of sp³-hybridized carbons (Fsp3) is 0.145. The zero-order chi connectivity index (χ0) is 65.2. The number of urea groups is 1. The molecule has 8 rings (SSSR count). The standard InChI is InChI=1S/C55H52N6O21S6.6Na.6H/c1-54(2,3)39-23-33(56-43-17-19-45(85(71,72)73)37-25-35(83(65,66)67)27-47(49(37)43)87(77,78)79)13-15-41(39)60-51(62)29-9-7-11-31(21-29)58-53(64)59-32-12-8-10-30(22-32)52(63)61-42-16-14-34(24-40(42)55(4,5)6)57-44-18-20-46(86(74,75)76)38-26-36(84(68,69)70)28-48(50(38)44)88(80,81)82;;;;;;;;;;;;/h7-28,56-57H,1-6H3,(H,60,62)(H,61,63)(H2,58,59,64)(H,65,66,67)(H,68,69,70)(H,71,72,73)(H,74,75,76)(H,77,78,79)(H,80,81,82);;;;;;;;;;;;/q;6*+1;6*-1. The molecule has 0 aromatic heterocycles. The van der Waals surface area contributed by atoms with E-state index in [9.17, 15) is 92.2 Å². The number of rotatable bonds is 16. The molecule has 27 nitrogen and oxygen atoms in total. The smallest absolute Gasteiger partial charge is 1.00 e. The Hall–Kier alpha value is -2.45. The van der Waals surface area contributed by atoms with E-state index in [0.717, 1.165) is 24.3 Å². The van der Waals surface area contributed by atoms with Crippen LogP contribution in [-0.2, 0) is 71.5 Å². The second-order valence-corrected chi connectivity index (χ2v) is 30.1. The Morgan fingerprint density at radius 2 is 0.649 bits per heavy atom. The maximum absolute atomic E-state index is 13.9. The molecule has 4 amide bonds. The first kappa shape index (κ1) is 87.6. The summed E-state index contributed by atoms with van der Waals surface area (Å²) < 4.78 is 208. The molecule has 0 aliphatic rings. The van der Waals surface area contributed by atoms with Crippen LogP contribution in [0.1, 0.15) is 81.9 Å². The van der Waals surface area contributed by atoms with E-state index in [1.165, 1.54) is 72.8 Å². The van der Waals surface area contributed by atoms with Crippen molar-refractivity contribution in [1.82, 2.24) is 0 Å². The van der Waals surface area contributed by atoms with E-state index in [0.29, 0.717) is 35.4 Å². The minimum absolute atomic E-state index is 0. The normalized spacial score (nSPS) is 12.0. The van der Waals surface area contributed by atoms with Gasteiger partial charge in [0.1, 0.15) is 19.6 Å². The third-order valence-corrected chi connectivity index (χ3v) is 18.4. The average molecular weight is 1470 g/mol. The van der Waals surface area contributed by atoms with Crippen molar-refractivity contribution in [2.45, 2.75) is 81.7 Å². The number of fused-ring (bicyclic) bond motifs is 2. The molecule has 8 aromatic rings. The summed E-state index contributed by atoms with van der Waals surface area (Å²) in [5, 5.41) is 14.2. The Morgan fingerprint density at radius 3 is 0.936 bits per heavy atom. The first-order chi connectivity index (χ1) is 40.4. The number of carbonyl (C=O) groups excluding carboxylic acids is 3. The number of hydrogen-bond donors (Lipinski definition) is 12.